The molecule has 0 fully saturated rings. The zero-order valence-electron chi connectivity index (χ0n) is 19.6. The number of benzene rings is 2. The average molecular weight is 453 g/mol. The van der Waals surface area contributed by atoms with Gasteiger partial charge in [-0.3, -0.25) is 9.59 Å². The minimum absolute atomic E-state index is 0.0703. The summed E-state index contributed by atoms with van der Waals surface area (Å²) >= 11 is 0. The molecular weight excluding hydrogens is 420 g/mol. The molecule has 2 atom stereocenters. The molecule has 2 aromatic carbocycles. The normalized spacial score (nSPS) is 14.2. The minimum Gasteiger partial charge on any atom is -0.481 e. The number of aliphatic carboxylic acids is 1. The van der Waals surface area contributed by atoms with Crippen LogP contribution in [0.15, 0.2) is 48.5 Å². The van der Waals surface area contributed by atoms with Crippen molar-refractivity contribution >= 4 is 18.0 Å². The molecule has 0 saturated heterocycles. The minimum atomic E-state index is -0.973. The first-order chi connectivity index (χ1) is 15.7. The first-order valence-electron chi connectivity index (χ1n) is 11.4. The van der Waals surface area contributed by atoms with Crippen LogP contribution in [0.1, 0.15) is 51.2 Å². The van der Waals surface area contributed by atoms with Gasteiger partial charge >= 0.3 is 12.1 Å². The van der Waals surface area contributed by atoms with E-state index in [0.29, 0.717) is 6.54 Å². The zero-order valence-corrected chi connectivity index (χ0v) is 19.6. The number of carbonyl (C=O) groups excluding carboxylic acids is 2. The summed E-state index contributed by atoms with van der Waals surface area (Å²) in [6.07, 6.45) is -0.819. The van der Waals surface area contributed by atoms with Gasteiger partial charge in [0, 0.05) is 18.5 Å². The molecule has 33 heavy (non-hydrogen) atoms. The lowest BCUT2D eigenvalue weighted by Gasteiger charge is -2.32. The summed E-state index contributed by atoms with van der Waals surface area (Å²) in [4.78, 5) is 38.4. The highest BCUT2D eigenvalue weighted by atomic mass is 16.5. The van der Waals surface area contributed by atoms with Gasteiger partial charge in [0.1, 0.15) is 12.6 Å². The third-order valence-electron chi connectivity index (χ3n) is 6.18. The van der Waals surface area contributed by atoms with Crippen molar-refractivity contribution in [1.29, 1.82) is 0 Å². The van der Waals surface area contributed by atoms with E-state index in [9.17, 15) is 14.4 Å². The van der Waals surface area contributed by atoms with Gasteiger partial charge in [0.15, 0.2) is 0 Å². The van der Waals surface area contributed by atoms with Crippen molar-refractivity contribution in [2.45, 2.75) is 52.1 Å². The predicted octanol–water partition coefficient (Wildman–Crippen LogP) is 4.26. The highest BCUT2D eigenvalue weighted by Gasteiger charge is 2.33. The van der Waals surface area contributed by atoms with Crippen LogP contribution in [0.5, 0.6) is 0 Å². The fraction of sp³-hybridized carbons (Fsp3) is 0.423. The number of carboxylic acid groups (broad SMARTS) is 1. The molecule has 1 aliphatic carbocycles. The Morgan fingerprint density at radius 3 is 2.03 bits per heavy atom. The second-order valence-electron chi connectivity index (χ2n) is 8.76. The molecule has 0 aromatic heterocycles. The fourth-order valence-corrected chi connectivity index (χ4v) is 4.51. The van der Waals surface area contributed by atoms with Crippen molar-refractivity contribution in [3.05, 3.63) is 59.7 Å². The molecule has 3 rings (SSSR count). The van der Waals surface area contributed by atoms with Crippen LogP contribution >= 0.6 is 0 Å². The van der Waals surface area contributed by atoms with Crippen LogP contribution in [0, 0.1) is 5.92 Å². The summed E-state index contributed by atoms with van der Waals surface area (Å²) < 4.78 is 5.59. The molecule has 0 saturated carbocycles. The van der Waals surface area contributed by atoms with E-state index >= 15 is 0 Å². The maximum Gasteiger partial charge on any atom is 0.407 e. The largest absolute Gasteiger partial charge is 0.481 e. The van der Waals surface area contributed by atoms with Gasteiger partial charge in [0.25, 0.3) is 0 Å². The number of fused-ring (bicyclic) bond motifs is 3. The van der Waals surface area contributed by atoms with E-state index in [1.54, 1.807) is 13.8 Å². The zero-order chi connectivity index (χ0) is 24.1. The van der Waals surface area contributed by atoms with Crippen LogP contribution in [0.25, 0.3) is 11.1 Å². The number of alkyl carbamates (subject to hydrolysis) is 1. The van der Waals surface area contributed by atoms with Gasteiger partial charge in [0.2, 0.25) is 5.91 Å². The number of rotatable bonds is 9. The topological polar surface area (TPSA) is 95.9 Å². The number of nitrogens with one attached hydrogen (secondary N) is 1. The van der Waals surface area contributed by atoms with E-state index in [0.717, 1.165) is 22.3 Å². The molecule has 0 radical (unpaired) electrons. The van der Waals surface area contributed by atoms with Crippen LogP contribution in [-0.2, 0) is 14.3 Å². The number of carboxylic acids is 1. The summed E-state index contributed by atoms with van der Waals surface area (Å²) in [5.74, 6) is -1.54. The van der Waals surface area contributed by atoms with Crippen molar-refractivity contribution in [3.8, 4) is 11.1 Å². The summed E-state index contributed by atoms with van der Waals surface area (Å²) in [5, 5.41) is 11.8. The summed E-state index contributed by atoms with van der Waals surface area (Å²) in [6.45, 7) is 7.67. The van der Waals surface area contributed by atoms with Crippen LogP contribution < -0.4 is 5.32 Å². The monoisotopic (exact) mass is 452 g/mol. The number of likely N-dealkylation sites (N-methyl/N-ethyl adjacent to an activating group) is 1. The Balaban J connectivity index is 1.69. The second-order valence-corrected chi connectivity index (χ2v) is 8.76. The van der Waals surface area contributed by atoms with Gasteiger partial charge in [-0.15, -0.1) is 0 Å². The first kappa shape index (κ1) is 24.3. The molecule has 2 N–H and O–H groups in total. The number of nitrogens with zero attached hydrogens (tertiary/aromatic N) is 1. The lowest BCUT2D eigenvalue weighted by Crippen LogP contribution is -2.53. The summed E-state index contributed by atoms with van der Waals surface area (Å²) in [7, 11) is 0. The van der Waals surface area contributed by atoms with Crippen molar-refractivity contribution in [2.75, 3.05) is 13.2 Å². The molecule has 2 aromatic rings. The molecular formula is C26H32N2O5. The van der Waals surface area contributed by atoms with Gasteiger partial charge in [0.05, 0.1) is 6.42 Å². The van der Waals surface area contributed by atoms with E-state index in [4.69, 9.17) is 9.84 Å². The average Bonchev–Trinajstić information content (AvgIpc) is 3.09. The Bertz CT molecular complexity index is 974. The van der Waals surface area contributed by atoms with Gasteiger partial charge in [-0.25, -0.2) is 4.79 Å². The molecule has 176 valence electrons. The molecule has 1 aliphatic rings. The lowest BCUT2D eigenvalue weighted by atomic mass is 9.98. The van der Waals surface area contributed by atoms with E-state index in [1.807, 2.05) is 50.2 Å². The van der Waals surface area contributed by atoms with Gasteiger partial charge in [-0.2, -0.15) is 0 Å². The van der Waals surface area contributed by atoms with Crippen LogP contribution in [-0.4, -0.2) is 53.2 Å². The molecule has 0 heterocycles. The van der Waals surface area contributed by atoms with Crippen molar-refractivity contribution < 1.29 is 24.2 Å². The number of hydrogen-bond donors (Lipinski definition) is 2. The van der Waals surface area contributed by atoms with E-state index < -0.39 is 24.1 Å². The van der Waals surface area contributed by atoms with E-state index in [-0.39, 0.29) is 30.8 Å². The van der Waals surface area contributed by atoms with E-state index in [1.165, 1.54) is 4.90 Å². The van der Waals surface area contributed by atoms with Crippen molar-refractivity contribution in [3.63, 3.8) is 0 Å². The molecule has 1 unspecified atom stereocenters. The number of hydrogen-bond acceptors (Lipinski definition) is 4. The lowest BCUT2D eigenvalue weighted by molar-refractivity contribution is -0.141. The Labute approximate surface area is 194 Å². The summed E-state index contributed by atoms with van der Waals surface area (Å²) in [5.41, 5.74) is 4.51. The smallest absolute Gasteiger partial charge is 0.407 e. The van der Waals surface area contributed by atoms with Crippen molar-refractivity contribution in [2.24, 2.45) is 5.92 Å². The molecule has 0 spiro atoms. The Morgan fingerprint density at radius 2 is 1.55 bits per heavy atom. The standard InChI is InChI=1S/C26H32N2O5/c1-5-28(17(4)14-23(29)30)25(31)24(16(2)3)27-26(32)33-15-22-20-12-8-6-10-18(20)19-11-7-9-13-21(19)22/h6-13,16-17,22,24H,5,14-15H2,1-4H3,(H,27,32)(H,29,30)/t17?,24-/m1/s1. The first-order valence-corrected chi connectivity index (χ1v) is 11.4. The van der Waals surface area contributed by atoms with Gasteiger partial charge in [-0.1, -0.05) is 62.4 Å². The third kappa shape index (κ3) is 5.35. The number of carbonyl (C=O) groups is 3. The van der Waals surface area contributed by atoms with Crippen LogP contribution in [0.3, 0.4) is 0 Å². The highest BCUT2D eigenvalue weighted by Crippen LogP contribution is 2.44. The van der Waals surface area contributed by atoms with E-state index in [2.05, 4.69) is 17.4 Å². The Kier molecular flexibility index (Phi) is 7.74. The van der Waals surface area contributed by atoms with Crippen molar-refractivity contribution in [1.82, 2.24) is 10.2 Å². The van der Waals surface area contributed by atoms with Crippen LogP contribution in [0.4, 0.5) is 4.79 Å². The molecule has 2 amide bonds. The predicted molar refractivity (Wildman–Crippen MR) is 126 cm³/mol. The second kappa shape index (κ2) is 10.5. The molecule has 7 nitrogen and oxygen atoms in total. The maximum atomic E-state index is 13.1. The SMILES string of the molecule is CCN(C(=O)[C@H](NC(=O)OCC1c2ccccc2-c2ccccc21)C(C)C)C(C)CC(=O)O. The Morgan fingerprint density at radius 1 is 1.00 bits per heavy atom. The fourth-order valence-electron chi connectivity index (χ4n) is 4.51. The summed E-state index contributed by atoms with van der Waals surface area (Å²) in [6, 6.07) is 14.9. The quantitative estimate of drug-likeness (QED) is 0.593. The highest BCUT2D eigenvalue weighted by molar-refractivity contribution is 5.86. The van der Waals surface area contributed by atoms with Gasteiger partial charge < -0.3 is 20.1 Å². The number of ether oxygens (including phenoxy) is 1. The van der Waals surface area contributed by atoms with Crippen LogP contribution in [0.2, 0.25) is 0 Å². The molecule has 7 heteroatoms. The third-order valence-corrected chi connectivity index (χ3v) is 6.18. The molecule has 0 aliphatic heterocycles. The maximum absolute atomic E-state index is 13.1. The Hall–Kier alpha value is -3.35. The van der Waals surface area contributed by atoms with Gasteiger partial charge in [-0.05, 0) is 42.0 Å². The number of amides is 2. The molecule has 0 bridgehead atoms.